The molecule has 12 rings (SSSR count). The first-order valence-corrected chi connectivity index (χ1v) is 18.2. The SMILES string of the molecule is c1ccc(N(c2ccc3c(c2)C24c5ccccc5-c5cccc(c52)-c2cccc-3c24)c2cccc3ccccc23)c(-c2ccc3ccccc3c2)c1. The van der Waals surface area contributed by atoms with E-state index in [1.807, 2.05) is 0 Å². The summed E-state index contributed by atoms with van der Waals surface area (Å²) in [6.45, 7) is 0. The number of nitrogens with zero attached hydrogens (tertiary/aromatic N) is 1. The number of hydrogen-bond acceptors (Lipinski definition) is 1. The fraction of sp³-hybridized carbons (Fsp3) is 0.0196. The first kappa shape index (κ1) is 28.0. The Kier molecular flexibility index (Phi) is 5.49. The van der Waals surface area contributed by atoms with E-state index in [0.717, 1.165) is 11.4 Å². The number of hydrogen-bond donors (Lipinski definition) is 0. The van der Waals surface area contributed by atoms with E-state index in [9.17, 15) is 0 Å². The molecule has 240 valence electrons. The van der Waals surface area contributed by atoms with Gasteiger partial charge in [-0.15, -0.1) is 0 Å². The molecule has 0 heterocycles. The van der Waals surface area contributed by atoms with Gasteiger partial charge in [0.1, 0.15) is 0 Å². The predicted octanol–water partition coefficient (Wildman–Crippen LogP) is 13.5. The minimum absolute atomic E-state index is 0.345. The van der Waals surface area contributed by atoms with Crippen molar-refractivity contribution in [3.05, 3.63) is 210 Å². The van der Waals surface area contributed by atoms with Crippen LogP contribution in [-0.2, 0) is 5.41 Å². The minimum atomic E-state index is -0.345. The van der Waals surface area contributed by atoms with Crippen molar-refractivity contribution in [1.29, 1.82) is 0 Å². The molecule has 9 aromatic carbocycles. The van der Waals surface area contributed by atoms with Crippen molar-refractivity contribution in [2.45, 2.75) is 5.41 Å². The third-order valence-electron chi connectivity index (χ3n) is 12.0. The smallest absolute Gasteiger partial charge is 0.0738 e. The van der Waals surface area contributed by atoms with Gasteiger partial charge in [-0.05, 0) is 108 Å². The second-order valence-electron chi connectivity index (χ2n) is 14.4. The van der Waals surface area contributed by atoms with Gasteiger partial charge < -0.3 is 4.90 Å². The summed E-state index contributed by atoms with van der Waals surface area (Å²) in [6, 6.07) is 70.1. The Morgan fingerprint density at radius 3 is 1.69 bits per heavy atom. The maximum absolute atomic E-state index is 2.52. The highest BCUT2D eigenvalue weighted by Gasteiger charge is 2.57. The van der Waals surface area contributed by atoms with Gasteiger partial charge in [-0.25, -0.2) is 0 Å². The molecule has 0 bridgehead atoms. The van der Waals surface area contributed by atoms with E-state index in [-0.39, 0.29) is 5.41 Å². The van der Waals surface area contributed by atoms with Gasteiger partial charge in [-0.3, -0.25) is 0 Å². The van der Waals surface area contributed by atoms with Crippen molar-refractivity contribution in [3.8, 4) is 44.5 Å². The van der Waals surface area contributed by atoms with Crippen molar-refractivity contribution >= 4 is 38.6 Å². The summed E-state index contributed by atoms with van der Waals surface area (Å²) in [7, 11) is 0. The fourth-order valence-corrected chi connectivity index (χ4v) is 9.96. The highest BCUT2D eigenvalue weighted by Crippen LogP contribution is 2.70. The van der Waals surface area contributed by atoms with E-state index in [4.69, 9.17) is 0 Å². The third kappa shape index (κ3) is 3.48. The Bertz CT molecular complexity index is 2940. The van der Waals surface area contributed by atoms with Gasteiger partial charge in [0.25, 0.3) is 0 Å². The summed E-state index contributed by atoms with van der Waals surface area (Å²) in [6.07, 6.45) is 0. The third-order valence-corrected chi connectivity index (χ3v) is 12.0. The van der Waals surface area contributed by atoms with Crippen LogP contribution in [0.4, 0.5) is 17.1 Å². The van der Waals surface area contributed by atoms with Gasteiger partial charge >= 0.3 is 0 Å². The molecule has 1 atom stereocenters. The molecule has 1 spiro atoms. The molecular weight excluding hydrogens is 627 g/mol. The maximum Gasteiger partial charge on any atom is 0.0738 e. The molecule has 0 radical (unpaired) electrons. The van der Waals surface area contributed by atoms with Crippen LogP contribution >= 0.6 is 0 Å². The Labute approximate surface area is 302 Å². The summed E-state index contributed by atoms with van der Waals surface area (Å²) in [5, 5.41) is 4.94. The van der Waals surface area contributed by atoms with Crippen LogP contribution in [0.5, 0.6) is 0 Å². The summed E-state index contributed by atoms with van der Waals surface area (Å²) >= 11 is 0. The zero-order valence-electron chi connectivity index (χ0n) is 28.3. The zero-order valence-corrected chi connectivity index (χ0v) is 28.3. The van der Waals surface area contributed by atoms with Gasteiger partial charge in [0.15, 0.2) is 0 Å². The van der Waals surface area contributed by atoms with Gasteiger partial charge in [0.05, 0.1) is 16.8 Å². The summed E-state index contributed by atoms with van der Waals surface area (Å²) in [4.78, 5) is 2.51. The van der Waals surface area contributed by atoms with Crippen molar-refractivity contribution in [2.24, 2.45) is 0 Å². The highest BCUT2D eigenvalue weighted by atomic mass is 15.1. The normalized spacial score (nSPS) is 15.4. The Balaban J connectivity index is 1.16. The molecule has 1 heteroatoms. The lowest BCUT2D eigenvalue weighted by Gasteiger charge is -2.32. The highest BCUT2D eigenvalue weighted by molar-refractivity contribution is 6.07. The van der Waals surface area contributed by atoms with Gasteiger partial charge in [0, 0.05) is 16.6 Å². The minimum Gasteiger partial charge on any atom is -0.309 e. The van der Waals surface area contributed by atoms with E-state index >= 15 is 0 Å². The van der Waals surface area contributed by atoms with Crippen LogP contribution in [0.1, 0.15) is 22.3 Å². The first-order chi connectivity index (χ1) is 25.8. The molecular formula is C51H31N. The Hall–Kier alpha value is -6.70. The molecule has 1 unspecified atom stereocenters. The number of fused-ring (bicyclic) bond motifs is 7. The Morgan fingerprint density at radius 1 is 0.327 bits per heavy atom. The lowest BCUT2D eigenvalue weighted by molar-refractivity contribution is 0.818. The predicted molar refractivity (Wildman–Crippen MR) is 217 cm³/mol. The van der Waals surface area contributed by atoms with Gasteiger partial charge in [0.2, 0.25) is 0 Å². The monoisotopic (exact) mass is 657 g/mol. The summed E-state index contributed by atoms with van der Waals surface area (Å²) < 4.78 is 0. The van der Waals surface area contributed by atoms with Crippen LogP contribution in [-0.4, -0.2) is 0 Å². The quantitative estimate of drug-likeness (QED) is 0.182. The van der Waals surface area contributed by atoms with Crippen LogP contribution in [0.2, 0.25) is 0 Å². The van der Waals surface area contributed by atoms with Crippen molar-refractivity contribution in [2.75, 3.05) is 4.90 Å². The lowest BCUT2D eigenvalue weighted by Crippen LogP contribution is -2.23. The van der Waals surface area contributed by atoms with Crippen molar-refractivity contribution in [3.63, 3.8) is 0 Å². The maximum atomic E-state index is 2.52. The van der Waals surface area contributed by atoms with Crippen molar-refractivity contribution < 1.29 is 0 Å². The molecule has 0 aromatic heterocycles. The number of rotatable bonds is 4. The van der Waals surface area contributed by atoms with Gasteiger partial charge in [-0.2, -0.15) is 0 Å². The largest absolute Gasteiger partial charge is 0.309 e. The molecule has 0 saturated heterocycles. The van der Waals surface area contributed by atoms with Crippen LogP contribution in [0, 0.1) is 0 Å². The topological polar surface area (TPSA) is 3.24 Å². The molecule has 0 saturated carbocycles. The van der Waals surface area contributed by atoms with Gasteiger partial charge in [-0.1, -0.05) is 158 Å². The Morgan fingerprint density at radius 2 is 0.885 bits per heavy atom. The lowest BCUT2D eigenvalue weighted by atomic mass is 9.73. The molecule has 0 amide bonds. The van der Waals surface area contributed by atoms with Crippen LogP contribution in [0.15, 0.2) is 188 Å². The average molecular weight is 658 g/mol. The molecule has 1 nitrogen and oxygen atoms in total. The fourth-order valence-electron chi connectivity index (χ4n) is 9.96. The molecule has 9 aromatic rings. The molecule has 0 aliphatic heterocycles. The first-order valence-electron chi connectivity index (χ1n) is 18.2. The number of para-hydroxylation sites is 1. The summed E-state index contributed by atoms with van der Waals surface area (Å²) in [5.41, 5.74) is 19.3. The van der Waals surface area contributed by atoms with Crippen LogP contribution in [0.25, 0.3) is 66.1 Å². The zero-order chi connectivity index (χ0) is 34.0. The van der Waals surface area contributed by atoms with E-state index in [1.165, 1.54) is 94.0 Å². The van der Waals surface area contributed by atoms with Crippen LogP contribution < -0.4 is 4.90 Å². The van der Waals surface area contributed by atoms with E-state index < -0.39 is 0 Å². The standard InChI is InChI=1S/C51H31N/c1-2-14-34-30-35(27-26-32(34)12-1)38-17-6-8-24-47(38)52(48-25-9-15-33-13-3-4-16-37(33)48)36-28-29-40-42-20-11-22-44-43-21-10-19-41-39-18-5-7-23-45(39)51(49(41)43,50(42)44)46(40)31-36/h1-31H. The van der Waals surface area contributed by atoms with Crippen LogP contribution in [0.3, 0.4) is 0 Å². The number of anilines is 3. The second kappa shape index (κ2) is 10.2. The average Bonchev–Trinajstić information content (AvgIpc) is 3.81. The molecule has 0 fully saturated rings. The molecule has 0 N–H and O–H groups in total. The van der Waals surface area contributed by atoms with E-state index in [0.29, 0.717) is 0 Å². The summed E-state index contributed by atoms with van der Waals surface area (Å²) in [5.74, 6) is 0. The molecule has 3 aliphatic rings. The van der Waals surface area contributed by atoms with E-state index in [1.54, 1.807) is 0 Å². The molecule has 52 heavy (non-hydrogen) atoms. The molecule has 3 aliphatic carbocycles. The number of benzene rings is 9. The second-order valence-corrected chi connectivity index (χ2v) is 14.4. The van der Waals surface area contributed by atoms with E-state index in [2.05, 4.69) is 193 Å². The van der Waals surface area contributed by atoms with Crippen molar-refractivity contribution in [1.82, 2.24) is 0 Å².